The summed E-state index contributed by atoms with van der Waals surface area (Å²) in [6, 6.07) is 8.27. The predicted octanol–water partition coefficient (Wildman–Crippen LogP) is 4.25. The van der Waals surface area contributed by atoms with E-state index < -0.39 is 0 Å². The second-order valence-electron chi connectivity index (χ2n) is 4.78. The normalized spacial score (nSPS) is 14.3. The summed E-state index contributed by atoms with van der Waals surface area (Å²) in [6.45, 7) is 2.91. The SMILES string of the molecule is Cc1cccc2c1N(C(=O)c1csc(I)c1)CCC2. The van der Waals surface area contributed by atoms with Crippen LogP contribution in [0.1, 0.15) is 27.9 Å². The van der Waals surface area contributed by atoms with Gasteiger partial charge in [0.25, 0.3) is 5.91 Å². The van der Waals surface area contributed by atoms with Crippen molar-refractivity contribution in [1.82, 2.24) is 0 Å². The van der Waals surface area contributed by atoms with Crippen LogP contribution in [-0.2, 0) is 6.42 Å². The van der Waals surface area contributed by atoms with Crippen LogP contribution >= 0.6 is 33.9 Å². The number of hydrogen-bond acceptors (Lipinski definition) is 2. The van der Waals surface area contributed by atoms with Gasteiger partial charge in [0, 0.05) is 11.9 Å². The maximum Gasteiger partial charge on any atom is 0.259 e. The van der Waals surface area contributed by atoms with E-state index in [4.69, 9.17) is 0 Å². The summed E-state index contributed by atoms with van der Waals surface area (Å²) in [5.74, 6) is 0.134. The maximum atomic E-state index is 12.7. The van der Waals surface area contributed by atoms with Gasteiger partial charge in [-0.3, -0.25) is 4.79 Å². The summed E-state index contributed by atoms with van der Waals surface area (Å²) in [6.07, 6.45) is 2.12. The Kier molecular flexibility index (Phi) is 3.62. The Morgan fingerprint density at radius 3 is 3.00 bits per heavy atom. The van der Waals surface area contributed by atoms with Crippen LogP contribution in [-0.4, -0.2) is 12.5 Å². The van der Waals surface area contributed by atoms with Crippen molar-refractivity contribution in [3.05, 3.63) is 49.2 Å². The lowest BCUT2D eigenvalue weighted by atomic mass is 9.98. The van der Waals surface area contributed by atoms with Crippen LogP contribution < -0.4 is 4.90 Å². The maximum absolute atomic E-state index is 12.7. The van der Waals surface area contributed by atoms with E-state index in [2.05, 4.69) is 47.7 Å². The van der Waals surface area contributed by atoms with Gasteiger partial charge in [0.05, 0.1) is 14.1 Å². The Balaban J connectivity index is 2.02. The first-order valence-electron chi connectivity index (χ1n) is 6.31. The van der Waals surface area contributed by atoms with E-state index in [1.54, 1.807) is 11.3 Å². The minimum atomic E-state index is 0.134. The first kappa shape index (κ1) is 13.1. The summed E-state index contributed by atoms with van der Waals surface area (Å²) in [7, 11) is 0. The second kappa shape index (κ2) is 5.25. The number of benzene rings is 1. The summed E-state index contributed by atoms with van der Waals surface area (Å²) in [5, 5.41) is 1.96. The van der Waals surface area contributed by atoms with E-state index in [0.29, 0.717) is 0 Å². The monoisotopic (exact) mass is 383 g/mol. The van der Waals surface area contributed by atoms with Gasteiger partial charge in [-0.25, -0.2) is 0 Å². The molecule has 0 spiro atoms. The van der Waals surface area contributed by atoms with Crippen molar-refractivity contribution >= 4 is 45.5 Å². The van der Waals surface area contributed by atoms with Crippen molar-refractivity contribution in [2.75, 3.05) is 11.4 Å². The van der Waals surface area contributed by atoms with Gasteiger partial charge in [-0.1, -0.05) is 18.2 Å². The lowest BCUT2D eigenvalue weighted by molar-refractivity contribution is 0.0985. The van der Waals surface area contributed by atoms with E-state index in [1.165, 1.54) is 11.1 Å². The molecule has 0 aliphatic carbocycles. The van der Waals surface area contributed by atoms with Gasteiger partial charge in [-0.15, -0.1) is 11.3 Å². The average molecular weight is 383 g/mol. The van der Waals surface area contributed by atoms with E-state index in [9.17, 15) is 4.79 Å². The summed E-state index contributed by atoms with van der Waals surface area (Å²) in [4.78, 5) is 14.6. The Hall–Kier alpha value is -0.880. The average Bonchev–Trinajstić information content (AvgIpc) is 2.84. The number of anilines is 1. The number of nitrogens with zero attached hydrogens (tertiary/aromatic N) is 1. The first-order valence-corrected chi connectivity index (χ1v) is 8.27. The fourth-order valence-electron chi connectivity index (χ4n) is 2.63. The fraction of sp³-hybridized carbons (Fsp3) is 0.267. The lowest BCUT2D eigenvalue weighted by Crippen LogP contribution is -2.35. The number of aryl methyl sites for hydroxylation is 2. The number of fused-ring (bicyclic) bond motifs is 1. The molecule has 0 saturated carbocycles. The molecular formula is C15H14INOS. The van der Waals surface area contributed by atoms with Crippen LogP contribution in [0, 0.1) is 9.81 Å². The molecule has 0 bridgehead atoms. The summed E-state index contributed by atoms with van der Waals surface area (Å²) in [5.41, 5.74) is 4.42. The third-order valence-electron chi connectivity index (χ3n) is 3.48. The van der Waals surface area contributed by atoms with Gasteiger partial charge in [0.15, 0.2) is 0 Å². The van der Waals surface area contributed by atoms with Gasteiger partial charge in [0.2, 0.25) is 0 Å². The molecule has 2 aromatic rings. The zero-order chi connectivity index (χ0) is 13.4. The van der Waals surface area contributed by atoms with Crippen molar-refractivity contribution in [3.8, 4) is 0 Å². The molecule has 1 amide bonds. The number of para-hydroxylation sites is 1. The number of rotatable bonds is 1. The van der Waals surface area contributed by atoms with E-state index in [1.807, 2.05) is 16.3 Å². The second-order valence-corrected chi connectivity index (χ2v) is 7.59. The molecule has 0 saturated heterocycles. The highest BCUT2D eigenvalue weighted by Crippen LogP contribution is 2.32. The third kappa shape index (κ3) is 2.43. The molecule has 1 aliphatic heterocycles. The molecule has 0 N–H and O–H groups in total. The third-order valence-corrected chi connectivity index (χ3v) is 5.27. The lowest BCUT2D eigenvalue weighted by Gasteiger charge is -2.30. The van der Waals surface area contributed by atoms with Crippen LogP contribution in [0.4, 0.5) is 5.69 Å². The molecule has 2 nitrogen and oxygen atoms in total. The molecular weight excluding hydrogens is 369 g/mol. The van der Waals surface area contributed by atoms with Crippen LogP contribution in [0.2, 0.25) is 0 Å². The molecule has 0 atom stereocenters. The van der Waals surface area contributed by atoms with E-state index >= 15 is 0 Å². The molecule has 3 rings (SSSR count). The van der Waals surface area contributed by atoms with Gasteiger partial charge >= 0.3 is 0 Å². The molecule has 0 radical (unpaired) electrons. The number of halogens is 1. The predicted molar refractivity (Wildman–Crippen MR) is 88.2 cm³/mol. The van der Waals surface area contributed by atoms with Crippen molar-refractivity contribution in [3.63, 3.8) is 0 Å². The minimum Gasteiger partial charge on any atom is -0.308 e. The zero-order valence-electron chi connectivity index (χ0n) is 10.6. The largest absolute Gasteiger partial charge is 0.308 e. The highest BCUT2D eigenvalue weighted by Gasteiger charge is 2.25. The van der Waals surface area contributed by atoms with Gasteiger partial charge in [-0.2, -0.15) is 0 Å². The van der Waals surface area contributed by atoms with E-state index in [-0.39, 0.29) is 5.91 Å². The Labute approximate surface area is 130 Å². The van der Waals surface area contributed by atoms with Gasteiger partial charge in [0.1, 0.15) is 0 Å². The molecule has 1 aromatic heterocycles. The standard InChI is InChI=1S/C15H14INOS/c1-10-4-2-5-11-6-3-7-17(14(10)11)15(18)12-8-13(16)19-9-12/h2,4-5,8-9H,3,6-7H2,1H3. The van der Waals surface area contributed by atoms with Crippen molar-refractivity contribution < 1.29 is 4.79 Å². The smallest absolute Gasteiger partial charge is 0.259 e. The van der Waals surface area contributed by atoms with Crippen molar-refractivity contribution in [2.45, 2.75) is 19.8 Å². The Bertz CT molecular complexity index is 635. The number of carbonyl (C=O) groups is 1. The molecule has 4 heteroatoms. The van der Waals surface area contributed by atoms with Crippen LogP contribution in [0.25, 0.3) is 0 Å². The first-order chi connectivity index (χ1) is 9.16. The topological polar surface area (TPSA) is 20.3 Å². The van der Waals surface area contributed by atoms with Crippen LogP contribution in [0.5, 0.6) is 0 Å². The highest BCUT2D eigenvalue weighted by atomic mass is 127. The molecule has 19 heavy (non-hydrogen) atoms. The van der Waals surface area contributed by atoms with Crippen molar-refractivity contribution in [1.29, 1.82) is 0 Å². The van der Waals surface area contributed by atoms with Crippen LogP contribution in [0.15, 0.2) is 29.6 Å². The minimum absolute atomic E-state index is 0.134. The Morgan fingerprint density at radius 2 is 2.26 bits per heavy atom. The molecule has 1 aromatic carbocycles. The Morgan fingerprint density at radius 1 is 1.42 bits per heavy atom. The van der Waals surface area contributed by atoms with E-state index in [0.717, 1.165) is 33.5 Å². The molecule has 1 aliphatic rings. The summed E-state index contributed by atoms with van der Waals surface area (Å²) >= 11 is 3.88. The zero-order valence-corrected chi connectivity index (χ0v) is 13.6. The van der Waals surface area contributed by atoms with Gasteiger partial charge in [-0.05, 0) is 59.5 Å². The number of thiophene rings is 1. The van der Waals surface area contributed by atoms with Gasteiger partial charge < -0.3 is 4.90 Å². The number of hydrogen-bond donors (Lipinski definition) is 0. The number of carbonyl (C=O) groups excluding carboxylic acids is 1. The number of amides is 1. The molecule has 2 heterocycles. The molecule has 0 fully saturated rings. The van der Waals surface area contributed by atoms with Crippen molar-refractivity contribution in [2.24, 2.45) is 0 Å². The molecule has 98 valence electrons. The fourth-order valence-corrected chi connectivity index (χ4v) is 3.95. The highest BCUT2D eigenvalue weighted by molar-refractivity contribution is 14.1. The summed E-state index contributed by atoms with van der Waals surface area (Å²) < 4.78 is 1.16. The molecule has 0 unspecified atom stereocenters. The van der Waals surface area contributed by atoms with Crippen LogP contribution in [0.3, 0.4) is 0 Å². The quantitative estimate of drug-likeness (QED) is 0.675.